The Morgan fingerprint density at radius 2 is 2.21 bits per heavy atom. The summed E-state index contributed by atoms with van der Waals surface area (Å²) in [6, 6.07) is -0.778. The molecule has 8 heteroatoms. The number of urea groups is 1. The van der Waals surface area contributed by atoms with Gasteiger partial charge in [-0.1, -0.05) is 6.08 Å². The standard InChI is InChI=1S/C11H16N2O6/c1-11(18-2)8(15)12-10(17)13(9(11)16)7-4-3-6(5-14)19-7/h3-4,6-7,9,14,16H,5H2,1-2H3,(H,12,15,17)/t6-,7+,9+,11?/m0/s1. The lowest BCUT2D eigenvalue weighted by Gasteiger charge is -2.44. The zero-order valence-electron chi connectivity index (χ0n) is 10.6. The second-order valence-electron chi connectivity index (χ2n) is 4.48. The minimum Gasteiger partial charge on any atom is -0.393 e. The zero-order valence-corrected chi connectivity index (χ0v) is 10.6. The number of nitrogens with one attached hydrogen (secondary N) is 1. The number of hydrogen-bond donors (Lipinski definition) is 3. The molecule has 8 nitrogen and oxygen atoms in total. The molecule has 2 aliphatic heterocycles. The van der Waals surface area contributed by atoms with E-state index in [9.17, 15) is 14.7 Å². The Bertz CT molecular complexity index is 425. The molecule has 2 rings (SSSR count). The maximum absolute atomic E-state index is 11.8. The van der Waals surface area contributed by atoms with E-state index < -0.39 is 36.1 Å². The minimum atomic E-state index is -1.58. The summed E-state index contributed by atoms with van der Waals surface area (Å²) < 4.78 is 10.4. The smallest absolute Gasteiger partial charge is 0.328 e. The number of rotatable bonds is 3. The van der Waals surface area contributed by atoms with E-state index in [4.69, 9.17) is 14.6 Å². The molecule has 4 atom stereocenters. The molecule has 2 aliphatic rings. The highest BCUT2D eigenvalue weighted by Crippen LogP contribution is 2.27. The Labute approximate surface area is 109 Å². The van der Waals surface area contributed by atoms with Gasteiger partial charge >= 0.3 is 6.03 Å². The van der Waals surface area contributed by atoms with E-state index in [0.29, 0.717) is 0 Å². The van der Waals surface area contributed by atoms with Gasteiger partial charge in [-0.25, -0.2) is 4.79 Å². The number of hydrogen-bond acceptors (Lipinski definition) is 6. The molecular weight excluding hydrogens is 256 g/mol. The van der Waals surface area contributed by atoms with Crippen molar-refractivity contribution in [3.63, 3.8) is 0 Å². The van der Waals surface area contributed by atoms with E-state index >= 15 is 0 Å². The molecule has 0 saturated carbocycles. The van der Waals surface area contributed by atoms with Crippen molar-refractivity contribution in [2.45, 2.75) is 31.1 Å². The van der Waals surface area contributed by atoms with Crippen molar-refractivity contribution in [3.8, 4) is 0 Å². The summed E-state index contributed by atoms with van der Waals surface area (Å²) in [5.74, 6) is -0.718. The Morgan fingerprint density at radius 1 is 1.53 bits per heavy atom. The molecular formula is C11H16N2O6. The fourth-order valence-electron chi connectivity index (χ4n) is 1.98. The van der Waals surface area contributed by atoms with Crippen LogP contribution >= 0.6 is 0 Å². The van der Waals surface area contributed by atoms with E-state index in [0.717, 1.165) is 4.90 Å². The van der Waals surface area contributed by atoms with E-state index in [1.807, 2.05) is 0 Å². The van der Waals surface area contributed by atoms with Gasteiger partial charge in [-0.3, -0.25) is 15.0 Å². The van der Waals surface area contributed by atoms with Crippen molar-refractivity contribution in [2.24, 2.45) is 0 Å². The number of aliphatic hydroxyl groups excluding tert-OH is 2. The molecule has 1 fully saturated rings. The summed E-state index contributed by atoms with van der Waals surface area (Å²) in [5, 5.41) is 21.3. The van der Waals surface area contributed by atoms with Crippen molar-refractivity contribution in [1.29, 1.82) is 0 Å². The Morgan fingerprint density at radius 3 is 2.74 bits per heavy atom. The Kier molecular flexibility index (Phi) is 3.59. The largest absolute Gasteiger partial charge is 0.393 e. The maximum atomic E-state index is 11.8. The maximum Gasteiger partial charge on any atom is 0.328 e. The van der Waals surface area contributed by atoms with Crippen molar-refractivity contribution in [1.82, 2.24) is 10.2 Å². The fraction of sp³-hybridized carbons (Fsp3) is 0.636. The number of carbonyl (C=O) groups is 2. The molecule has 19 heavy (non-hydrogen) atoms. The lowest BCUT2D eigenvalue weighted by atomic mass is 10.00. The van der Waals surface area contributed by atoms with Crippen LogP contribution in [0.5, 0.6) is 0 Å². The second kappa shape index (κ2) is 4.89. The first-order chi connectivity index (χ1) is 8.93. The first-order valence-corrected chi connectivity index (χ1v) is 5.75. The molecule has 1 unspecified atom stereocenters. The SMILES string of the molecule is COC1(C)C(=O)NC(=O)N([C@H]2C=C[C@@H](CO)O2)[C@@H]1O. The third-order valence-corrected chi connectivity index (χ3v) is 3.34. The van der Waals surface area contributed by atoms with Gasteiger partial charge in [0, 0.05) is 7.11 Å². The molecule has 2 heterocycles. The molecule has 0 aliphatic carbocycles. The predicted molar refractivity (Wildman–Crippen MR) is 61.7 cm³/mol. The zero-order chi connectivity index (χ0) is 14.2. The molecule has 1 saturated heterocycles. The molecule has 3 N–H and O–H groups in total. The second-order valence-corrected chi connectivity index (χ2v) is 4.48. The monoisotopic (exact) mass is 272 g/mol. The summed E-state index contributed by atoms with van der Waals surface area (Å²) in [6.45, 7) is 1.13. The van der Waals surface area contributed by atoms with Gasteiger partial charge in [-0.05, 0) is 13.0 Å². The van der Waals surface area contributed by atoms with Gasteiger partial charge in [0.2, 0.25) is 0 Å². The van der Waals surface area contributed by atoms with Crippen LogP contribution in [0, 0.1) is 0 Å². The van der Waals surface area contributed by atoms with Crippen molar-refractivity contribution in [3.05, 3.63) is 12.2 Å². The van der Waals surface area contributed by atoms with Crippen LogP contribution in [-0.4, -0.2) is 64.9 Å². The van der Waals surface area contributed by atoms with Crippen LogP contribution in [0.2, 0.25) is 0 Å². The Balaban J connectivity index is 2.23. The average Bonchev–Trinajstić information content (AvgIpc) is 2.84. The third-order valence-electron chi connectivity index (χ3n) is 3.34. The van der Waals surface area contributed by atoms with Gasteiger partial charge in [0.15, 0.2) is 18.1 Å². The number of carbonyl (C=O) groups excluding carboxylic acids is 2. The molecule has 0 aromatic rings. The van der Waals surface area contributed by atoms with Gasteiger partial charge in [0.1, 0.15) is 6.10 Å². The highest BCUT2D eigenvalue weighted by molar-refractivity contribution is 6.01. The number of nitrogens with zero attached hydrogens (tertiary/aromatic N) is 1. The quantitative estimate of drug-likeness (QED) is 0.542. The van der Waals surface area contributed by atoms with Crippen LogP contribution in [-0.2, 0) is 14.3 Å². The summed E-state index contributed by atoms with van der Waals surface area (Å²) in [6.07, 6.45) is 0.192. The van der Waals surface area contributed by atoms with Crippen molar-refractivity contribution < 1.29 is 29.3 Å². The van der Waals surface area contributed by atoms with Crippen LogP contribution in [0.15, 0.2) is 12.2 Å². The van der Waals surface area contributed by atoms with Crippen LogP contribution < -0.4 is 5.32 Å². The van der Waals surface area contributed by atoms with Gasteiger partial charge in [0.05, 0.1) is 6.61 Å². The molecule has 106 valence electrons. The van der Waals surface area contributed by atoms with E-state index in [1.165, 1.54) is 20.1 Å². The van der Waals surface area contributed by atoms with E-state index in [2.05, 4.69) is 5.32 Å². The van der Waals surface area contributed by atoms with E-state index in [1.54, 1.807) is 6.08 Å². The van der Waals surface area contributed by atoms with Crippen LogP contribution in [0.4, 0.5) is 4.79 Å². The topological polar surface area (TPSA) is 108 Å². The van der Waals surface area contributed by atoms with E-state index in [-0.39, 0.29) is 6.61 Å². The van der Waals surface area contributed by atoms with Crippen LogP contribution in [0.3, 0.4) is 0 Å². The third kappa shape index (κ3) is 2.12. The average molecular weight is 272 g/mol. The molecule has 3 amide bonds. The molecule has 0 bridgehead atoms. The van der Waals surface area contributed by atoms with Gasteiger partial charge in [-0.15, -0.1) is 0 Å². The fourth-order valence-corrected chi connectivity index (χ4v) is 1.98. The van der Waals surface area contributed by atoms with Crippen molar-refractivity contribution >= 4 is 11.9 Å². The summed E-state index contributed by atoms with van der Waals surface area (Å²) in [5.41, 5.74) is -1.58. The number of methoxy groups -OCH3 is 1. The minimum absolute atomic E-state index is 0.237. The highest BCUT2D eigenvalue weighted by atomic mass is 16.5. The van der Waals surface area contributed by atoms with Crippen LogP contribution in [0.25, 0.3) is 0 Å². The molecule has 0 radical (unpaired) electrons. The van der Waals surface area contributed by atoms with Gasteiger partial charge in [0.25, 0.3) is 5.91 Å². The van der Waals surface area contributed by atoms with Crippen molar-refractivity contribution in [2.75, 3.05) is 13.7 Å². The molecule has 0 spiro atoms. The van der Waals surface area contributed by atoms with Gasteiger partial charge < -0.3 is 19.7 Å². The number of amides is 3. The first-order valence-electron chi connectivity index (χ1n) is 5.75. The lowest BCUT2D eigenvalue weighted by molar-refractivity contribution is -0.197. The highest BCUT2D eigenvalue weighted by Gasteiger charge is 2.53. The molecule has 0 aromatic heterocycles. The number of imide groups is 1. The Hall–Kier alpha value is -1.48. The predicted octanol–water partition coefficient (Wildman–Crippen LogP) is -1.46. The number of ether oxygens (including phenoxy) is 2. The van der Waals surface area contributed by atoms with Gasteiger partial charge in [-0.2, -0.15) is 0 Å². The first kappa shape index (κ1) is 13.9. The summed E-state index contributed by atoms with van der Waals surface area (Å²) in [4.78, 5) is 24.5. The normalized spacial score (nSPS) is 38.7. The lowest BCUT2D eigenvalue weighted by Crippen LogP contribution is -2.71. The van der Waals surface area contributed by atoms with Crippen LogP contribution in [0.1, 0.15) is 6.92 Å². The summed E-state index contributed by atoms with van der Waals surface area (Å²) in [7, 11) is 1.26. The molecule has 0 aromatic carbocycles. The number of aliphatic hydroxyl groups is 2. The summed E-state index contributed by atoms with van der Waals surface area (Å²) >= 11 is 0.